The number of nitrogens with zero attached hydrogens (tertiary/aromatic N) is 2. The van der Waals surface area contributed by atoms with Gasteiger partial charge in [0.05, 0.1) is 10.5 Å². The maximum absolute atomic E-state index is 10.9. The standard InChI is InChI=1S/C13H6Cl2N2O3/c14-9-2-1-8(7-16)12(5-9)20-13-6-10(15)3-4-11(13)17(18)19/h1-6H. The summed E-state index contributed by atoms with van der Waals surface area (Å²) in [5.74, 6) is 0.0756. The molecule has 0 atom stereocenters. The minimum absolute atomic E-state index is 0.0544. The van der Waals surface area contributed by atoms with Crippen LogP contribution >= 0.6 is 23.2 Å². The van der Waals surface area contributed by atoms with Crippen LogP contribution in [0.4, 0.5) is 5.69 Å². The molecule has 0 aliphatic rings. The van der Waals surface area contributed by atoms with Gasteiger partial charge in [-0.15, -0.1) is 0 Å². The molecule has 0 aliphatic heterocycles. The van der Waals surface area contributed by atoms with E-state index >= 15 is 0 Å². The Morgan fingerprint density at radius 1 is 1.10 bits per heavy atom. The van der Waals surface area contributed by atoms with Crippen LogP contribution in [-0.4, -0.2) is 4.92 Å². The minimum atomic E-state index is -0.595. The molecule has 2 aromatic carbocycles. The van der Waals surface area contributed by atoms with Crippen molar-refractivity contribution in [1.29, 1.82) is 5.26 Å². The normalized spacial score (nSPS) is 9.85. The van der Waals surface area contributed by atoms with Crippen LogP contribution in [0.5, 0.6) is 11.5 Å². The Morgan fingerprint density at radius 2 is 1.70 bits per heavy atom. The number of nitro benzene ring substituents is 1. The zero-order valence-corrected chi connectivity index (χ0v) is 11.4. The molecule has 20 heavy (non-hydrogen) atoms. The van der Waals surface area contributed by atoms with E-state index in [2.05, 4.69) is 0 Å². The van der Waals surface area contributed by atoms with E-state index in [9.17, 15) is 10.1 Å². The molecule has 0 heterocycles. The van der Waals surface area contributed by atoms with Gasteiger partial charge in [0.1, 0.15) is 11.8 Å². The van der Waals surface area contributed by atoms with E-state index < -0.39 is 4.92 Å². The summed E-state index contributed by atoms with van der Waals surface area (Å²) in [6, 6.07) is 10.2. The van der Waals surface area contributed by atoms with E-state index in [0.717, 1.165) is 0 Å². The van der Waals surface area contributed by atoms with Crippen molar-refractivity contribution < 1.29 is 9.66 Å². The smallest absolute Gasteiger partial charge is 0.311 e. The first-order valence-corrected chi connectivity index (χ1v) is 6.08. The molecule has 0 unspecified atom stereocenters. The lowest BCUT2D eigenvalue weighted by atomic mass is 10.2. The highest BCUT2D eigenvalue weighted by Gasteiger charge is 2.17. The van der Waals surface area contributed by atoms with Gasteiger partial charge in [0.25, 0.3) is 0 Å². The van der Waals surface area contributed by atoms with Crippen LogP contribution in [0, 0.1) is 21.4 Å². The fourth-order valence-electron chi connectivity index (χ4n) is 1.51. The van der Waals surface area contributed by atoms with Crippen molar-refractivity contribution >= 4 is 28.9 Å². The van der Waals surface area contributed by atoms with Gasteiger partial charge in [-0.3, -0.25) is 10.1 Å². The van der Waals surface area contributed by atoms with E-state index in [1.165, 1.54) is 36.4 Å². The molecule has 2 aromatic rings. The number of ether oxygens (including phenoxy) is 1. The number of nitriles is 1. The molecule has 5 nitrogen and oxygen atoms in total. The van der Waals surface area contributed by atoms with Gasteiger partial charge in [-0.25, -0.2) is 0 Å². The summed E-state index contributed by atoms with van der Waals surface area (Å²) < 4.78 is 5.42. The highest BCUT2D eigenvalue weighted by molar-refractivity contribution is 6.31. The molecule has 0 spiro atoms. The van der Waals surface area contributed by atoms with Gasteiger partial charge >= 0.3 is 5.69 Å². The molecule has 0 saturated heterocycles. The summed E-state index contributed by atoms with van der Waals surface area (Å²) in [6.07, 6.45) is 0. The molecule has 2 rings (SSSR count). The van der Waals surface area contributed by atoms with Gasteiger partial charge in [-0.2, -0.15) is 5.26 Å². The molecule has 0 radical (unpaired) electrons. The van der Waals surface area contributed by atoms with E-state index in [1.54, 1.807) is 0 Å². The summed E-state index contributed by atoms with van der Waals surface area (Å²) in [4.78, 5) is 10.3. The van der Waals surface area contributed by atoms with Gasteiger partial charge in [-0.1, -0.05) is 23.2 Å². The molecule has 0 aliphatic carbocycles. The first kappa shape index (κ1) is 14.1. The van der Waals surface area contributed by atoms with Crippen molar-refractivity contribution in [3.63, 3.8) is 0 Å². The van der Waals surface area contributed by atoms with Crippen molar-refractivity contribution in [2.75, 3.05) is 0 Å². The molecule has 0 fully saturated rings. The van der Waals surface area contributed by atoms with E-state index in [0.29, 0.717) is 5.02 Å². The second kappa shape index (κ2) is 5.78. The predicted molar refractivity (Wildman–Crippen MR) is 74.3 cm³/mol. The number of halogens is 2. The maximum atomic E-state index is 10.9. The third kappa shape index (κ3) is 2.99. The quantitative estimate of drug-likeness (QED) is 0.615. The van der Waals surface area contributed by atoms with Gasteiger partial charge in [0.2, 0.25) is 5.75 Å². The maximum Gasteiger partial charge on any atom is 0.311 e. The lowest BCUT2D eigenvalue weighted by molar-refractivity contribution is -0.385. The van der Waals surface area contributed by atoms with Crippen LogP contribution in [0.25, 0.3) is 0 Å². The highest BCUT2D eigenvalue weighted by Crippen LogP contribution is 2.35. The van der Waals surface area contributed by atoms with Crippen LogP contribution in [0.15, 0.2) is 36.4 Å². The summed E-state index contributed by atoms with van der Waals surface area (Å²) in [5, 5.41) is 20.6. The molecule has 0 saturated carbocycles. The second-order valence-electron chi connectivity index (χ2n) is 3.72. The van der Waals surface area contributed by atoms with E-state index in [-0.39, 0.29) is 27.8 Å². The van der Waals surface area contributed by atoms with Crippen molar-refractivity contribution in [1.82, 2.24) is 0 Å². The van der Waals surface area contributed by atoms with Crippen molar-refractivity contribution in [3.05, 3.63) is 62.1 Å². The highest BCUT2D eigenvalue weighted by atomic mass is 35.5. The molecular weight excluding hydrogens is 303 g/mol. The molecule has 0 amide bonds. The second-order valence-corrected chi connectivity index (χ2v) is 4.60. The number of hydrogen-bond acceptors (Lipinski definition) is 4. The Bertz CT molecular complexity index is 726. The molecule has 100 valence electrons. The van der Waals surface area contributed by atoms with E-state index in [4.69, 9.17) is 33.2 Å². The first-order chi connectivity index (χ1) is 9.51. The van der Waals surface area contributed by atoms with Gasteiger partial charge in [-0.05, 0) is 18.2 Å². The molecule has 0 bridgehead atoms. The first-order valence-electron chi connectivity index (χ1n) is 5.32. The topological polar surface area (TPSA) is 76.2 Å². The fraction of sp³-hybridized carbons (Fsp3) is 0. The fourth-order valence-corrected chi connectivity index (χ4v) is 1.84. The Kier molecular flexibility index (Phi) is 4.08. The largest absolute Gasteiger partial charge is 0.449 e. The van der Waals surface area contributed by atoms with Gasteiger partial charge in [0, 0.05) is 28.2 Å². The average molecular weight is 309 g/mol. The van der Waals surface area contributed by atoms with Gasteiger partial charge in [0.15, 0.2) is 0 Å². The SMILES string of the molecule is N#Cc1ccc(Cl)cc1Oc1cc(Cl)ccc1[N+](=O)[O-]. The Hall–Kier alpha value is -2.29. The van der Waals surface area contributed by atoms with Gasteiger partial charge < -0.3 is 4.74 Å². The lowest BCUT2D eigenvalue weighted by Gasteiger charge is -2.08. The molecule has 0 aromatic heterocycles. The summed E-state index contributed by atoms with van der Waals surface area (Å²) in [5.41, 5.74) is -0.0399. The van der Waals surface area contributed by atoms with E-state index in [1.807, 2.05) is 6.07 Å². The van der Waals surface area contributed by atoms with Crippen molar-refractivity contribution in [2.45, 2.75) is 0 Å². The summed E-state index contributed by atoms with van der Waals surface area (Å²) in [6.45, 7) is 0. The van der Waals surface area contributed by atoms with Crippen LogP contribution in [0.1, 0.15) is 5.56 Å². The molecular formula is C13H6Cl2N2O3. The number of hydrogen-bond donors (Lipinski definition) is 0. The van der Waals surface area contributed by atoms with Crippen LogP contribution in [-0.2, 0) is 0 Å². The zero-order valence-electron chi connectivity index (χ0n) is 9.84. The van der Waals surface area contributed by atoms with Crippen LogP contribution in [0.2, 0.25) is 10.0 Å². The van der Waals surface area contributed by atoms with Crippen LogP contribution < -0.4 is 4.74 Å². The Labute approximate surface area is 124 Å². The van der Waals surface area contributed by atoms with Crippen LogP contribution in [0.3, 0.4) is 0 Å². The summed E-state index contributed by atoms with van der Waals surface area (Å²) >= 11 is 11.6. The Morgan fingerprint density at radius 3 is 2.30 bits per heavy atom. The number of rotatable bonds is 3. The number of benzene rings is 2. The lowest BCUT2D eigenvalue weighted by Crippen LogP contribution is -1.94. The van der Waals surface area contributed by atoms with Crippen molar-refractivity contribution in [3.8, 4) is 17.6 Å². The third-order valence-corrected chi connectivity index (χ3v) is 2.87. The minimum Gasteiger partial charge on any atom is -0.449 e. The predicted octanol–water partition coefficient (Wildman–Crippen LogP) is 4.57. The molecule has 7 heteroatoms. The monoisotopic (exact) mass is 308 g/mol. The third-order valence-electron chi connectivity index (χ3n) is 2.40. The Balaban J connectivity index is 2.50. The average Bonchev–Trinajstić information content (AvgIpc) is 2.38. The number of nitro groups is 1. The molecule has 0 N–H and O–H groups in total. The van der Waals surface area contributed by atoms with Crippen molar-refractivity contribution in [2.24, 2.45) is 0 Å². The summed E-state index contributed by atoms with van der Waals surface area (Å²) in [7, 11) is 0. The zero-order chi connectivity index (χ0) is 14.7.